The van der Waals surface area contributed by atoms with E-state index >= 15 is 0 Å². The molecule has 0 bridgehead atoms. The van der Waals surface area contributed by atoms with Crippen LogP contribution in [0, 0.1) is 0 Å². The molecule has 0 spiro atoms. The molecule has 0 atom stereocenters. The first-order valence-electron chi connectivity index (χ1n) is 5.98. The fraction of sp³-hybridized carbons (Fsp3) is 0.462. The number of amidine groups is 1. The highest BCUT2D eigenvalue weighted by Gasteiger charge is 2.15. The molecule has 1 heterocycles. The second kappa shape index (κ2) is 4.16. The Kier molecular flexibility index (Phi) is 2.52. The van der Waals surface area contributed by atoms with E-state index in [2.05, 4.69) is 28.5 Å². The van der Waals surface area contributed by atoms with Crippen LogP contribution in [0.2, 0.25) is 0 Å². The number of hydrogen-bond acceptors (Lipinski definition) is 3. The maximum atomic E-state index is 5.39. The average Bonchev–Trinajstić information content (AvgIpc) is 2.82. The molecule has 16 heavy (non-hydrogen) atoms. The summed E-state index contributed by atoms with van der Waals surface area (Å²) < 4.78 is 5.39. The van der Waals surface area contributed by atoms with Crippen molar-refractivity contribution in [2.75, 3.05) is 18.5 Å². The van der Waals surface area contributed by atoms with Crippen molar-refractivity contribution in [3.8, 4) is 0 Å². The van der Waals surface area contributed by atoms with Crippen LogP contribution in [-0.2, 0) is 17.6 Å². The van der Waals surface area contributed by atoms with Crippen LogP contribution in [0.15, 0.2) is 23.2 Å². The molecule has 1 aliphatic heterocycles. The molecule has 84 valence electrons. The van der Waals surface area contributed by atoms with Crippen molar-refractivity contribution in [1.82, 2.24) is 0 Å². The molecule has 0 radical (unpaired) electrons. The van der Waals surface area contributed by atoms with Crippen LogP contribution in [0.25, 0.3) is 0 Å². The fourth-order valence-corrected chi connectivity index (χ4v) is 2.42. The van der Waals surface area contributed by atoms with Gasteiger partial charge < -0.3 is 10.1 Å². The molecule has 1 aliphatic carbocycles. The molecule has 0 saturated carbocycles. The Morgan fingerprint density at radius 2 is 2.12 bits per heavy atom. The second-order valence-corrected chi connectivity index (χ2v) is 4.31. The predicted octanol–water partition coefficient (Wildman–Crippen LogP) is 2.36. The second-order valence-electron chi connectivity index (χ2n) is 4.31. The SMILES string of the molecule is c1cc2c(c(NC3=NCCO3)c1)CCCC2. The third kappa shape index (κ3) is 1.77. The fourth-order valence-electron chi connectivity index (χ4n) is 2.42. The van der Waals surface area contributed by atoms with Crippen molar-refractivity contribution >= 4 is 11.7 Å². The lowest BCUT2D eigenvalue weighted by molar-refractivity contribution is 0.346. The summed E-state index contributed by atoms with van der Waals surface area (Å²) in [6, 6.07) is 7.15. The summed E-state index contributed by atoms with van der Waals surface area (Å²) in [6.07, 6.45) is 4.98. The van der Waals surface area contributed by atoms with Crippen LogP contribution in [-0.4, -0.2) is 19.2 Å². The predicted molar refractivity (Wildman–Crippen MR) is 65.0 cm³/mol. The highest BCUT2D eigenvalue weighted by Crippen LogP contribution is 2.28. The van der Waals surface area contributed by atoms with Crippen molar-refractivity contribution in [1.29, 1.82) is 0 Å². The van der Waals surface area contributed by atoms with Crippen molar-refractivity contribution < 1.29 is 4.74 Å². The van der Waals surface area contributed by atoms with Crippen LogP contribution < -0.4 is 5.32 Å². The van der Waals surface area contributed by atoms with E-state index in [0.29, 0.717) is 12.6 Å². The number of benzene rings is 1. The Labute approximate surface area is 95.5 Å². The topological polar surface area (TPSA) is 33.6 Å². The zero-order valence-electron chi connectivity index (χ0n) is 9.33. The molecule has 2 aliphatic rings. The van der Waals surface area contributed by atoms with Crippen LogP contribution in [0.3, 0.4) is 0 Å². The van der Waals surface area contributed by atoms with E-state index in [-0.39, 0.29) is 0 Å². The van der Waals surface area contributed by atoms with Gasteiger partial charge in [-0.1, -0.05) is 12.1 Å². The van der Waals surface area contributed by atoms with Gasteiger partial charge in [0.15, 0.2) is 0 Å². The molecule has 3 rings (SSSR count). The minimum absolute atomic E-state index is 0.680. The summed E-state index contributed by atoms with van der Waals surface area (Å²) in [4.78, 5) is 4.26. The van der Waals surface area contributed by atoms with E-state index in [0.717, 1.165) is 6.54 Å². The number of anilines is 1. The maximum Gasteiger partial charge on any atom is 0.289 e. The first kappa shape index (κ1) is 9.70. The molecular formula is C13H16N2O. The summed E-state index contributed by atoms with van der Waals surface area (Å²) in [5.74, 6) is 0. The quantitative estimate of drug-likeness (QED) is 0.782. The van der Waals surface area contributed by atoms with E-state index in [1.807, 2.05) is 0 Å². The molecule has 0 fully saturated rings. The highest BCUT2D eigenvalue weighted by atomic mass is 16.5. The van der Waals surface area contributed by atoms with Gasteiger partial charge in [-0.25, -0.2) is 4.99 Å². The van der Waals surface area contributed by atoms with Gasteiger partial charge in [-0.15, -0.1) is 0 Å². The lowest BCUT2D eigenvalue weighted by Gasteiger charge is -2.19. The minimum Gasteiger partial charge on any atom is -0.463 e. The van der Waals surface area contributed by atoms with Gasteiger partial charge in [0.1, 0.15) is 6.61 Å². The molecule has 3 heteroatoms. The van der Waals surface area contributed by atoms with Gasteiger partial charge in [-0.2, -0.15) is 0 Å². The van der Waals surface area contributed by atoms with Crippen LogP contribution >= 0.6 is 0 Å². The molecule has 0 saturated heterocycles. The number of hydrogen-bond donors (Lipinski definition) is 1. The molecule has 1 N–H and O–H groups in total. The van der Waals surface area contributed by atoms with Crippen molar-refractivity contribution in [2.45, 2.75) is 25.7 Å². The van der Waals surface area contributed by atoms with Crippen molar-refractivity contribution in [2.24, 2.45) is 4.99 Å². The summed E-state index contributed by atoms with van der Waals surface area (Å²) in [5, 5.41) is 3.30. The van der Waals surface area contributed by atoms with Gasteiger partial charge in [0.25, 0.3) is 6.02 Å². The molecule has 3 nitrogen and oxygen atoms in total. The molecule has 1 aromatic carbocycles. The van der Waals surface area contributed by atoms with Crippen LogP contribution in [0.4, 0.5) is 5.69 Å². The molecule has 1 aromatic rings. The summed E-state index contributed by atoms with van der Waals surface area (Å²) in [7, 11) is 0. The number of ether oxygens (including phenoxy) is 1. The van der Waals surface area contributed by atoms with Gasteiger partial charge in [0.2, 0.25) is 0 Å². The summed E-state index contributed by atoms with van der Waals surface area (Å²) in [5.41, 5.74) is 4.11. The number of aryl methyl sites for hydroxylation is 1. The summed E-state index contributed by atoms with van der Waals surface area (Å²) in [6.45, 7) is 1.48. The van der Waals surface area contributed by atoms with Gasteiger partial charge in [-0.05, 0) is 42.9 Å². The van der Waals surface area contributed by atoms with Gasteiger partial charge in [-0.3, -0.25) is 0 Å². The Balaban J connectivity index is 1.88. The van der Waals surface area contributed by atoms with Gasteiger partial charge in [0.05, 0.1) is 6.54 Å². The lowest BCUT2D eigenvalue weighted by Crippen LogP contribution is -2.15. The zero-order chi connectivity index (χ0) is 10.8. The first-order valence-corrected chi connectivity index (χ1v) is 5.98. The normalized spacial score (nSPS) is 18.6. The highest BCUT2D eigenvalue weighted by molar-refractivity contribution is 5.90. The van der Waals surface area contributed by atoms with Crippen molar-refractivity contribution in [3.05, 3.63) is 29.3 Å². The Hall–Kier alpha value is -1.51. The zero-order valence-corrected chi connectivity index (χ0v) is 9.33. The van der Waals surface area contributed by atoms with Crippen molar-refractivity contribution in [3.63, 3.8) is 0 Å². The van der Waals surface area contributed by atoms with Crippen LogP contribution in [0.5, 0.6) is 0 Å². The number of aliphatic imine (C=N–C) groups is 1. The third-order valence-electron chi connectivity index (χ3n) is 3.22. The molecule has 0 aromatic heterocycles. The number of rotatable bonds is 1. The number of nitrogens with zero attached hydrogens (tertiary/aromatic N) is 1. The summed E-state index contributed by atoms with van der Waals surface area (Å²) >= 11 is 0. The smallest absolute Gasteiger partial charge is 0.289 e. The van der Waals surface area contributed by atoms with Gasteiger partial charge >= 0.3 is 0 Å². The number of nitrogens with one attached hydrogen (secondary N) is 1. The molecule has 0 amide bonds. The first-order chi connectivity index (χ1) is 7.93. The Morgan fingerprint density at radius 3 is 3.00 bits per heavy atom. The van der Waals surface area contributed by atoms with E-state index in [9.17, 15) is 0 Å². The van der Waals surface area contributed by atoms with E-state index in [1.165, 1.54) is 42.5 Å². The van der Waals surface area contributed by atoms with E-state index in [1.54, 1.807) is 0 Å². The van der Waals surface area contributed by atoms with E-state index in [4.69, 9.17) is 4.74 Å². The minimum atomic E-state index is 0.680. The van der Waals surface area contributed by atoms with Gasteiger partial charge in [0, 0.05) is 5.69 Å². The molecule has 0 unspecified atom stereocenters. The monoisotopic (exact) mass is 216 g/mol. The lowest BCUT2D eigenvalue weighted by atomic mass is 9.90. The Morgan fingerprint density at radius 1 is 1.19 bits per heavy atom. The Bertz CT molecular complexity index is 426. The third-order valence-corrected chi connectivity index (χ3v) is 3.22. The molecular weight excluding hydrogens is 200 g/mol. The van der Waals surface area contributed by atoms with E-state index < -0.39 is 0 Å². The standard InChI is InChI=1S/C13H16N2O/c1-2-6-11-10(4-1)5-3-7-12(11)15-13-14-8-9-16-13/h3,5,7H,1-2,4,6,8-9H2,(H,14,15). The average molecular weight is 216 g/mol. The largest absolute Gasteiger partial charge is 0.463 e. The van der Waals surface area contributed by atoms with Crippen LogP contribution in [0.1, 0.15) is 24.0 Å². The number of fused-ring (bicyclic) bond motifs is 1. The maximum absolute atomic E-state index is 5.39.